The third kappa shape index (κ3) is 2.57. The fourth-order valence-electron chi connectivity index (χ4n) is 0.997. The monoisotopic (exact) mass is 267 g/mol. The van der Waals surface area contributed by atoms with Gasteiger partial charge in [-0.15, -0.1) is 3.89 Å². The van der Waals surface area contributed by atoms with Crippen molar-refractivity contribution in [2.75, 3.05) is 14.1 Å². The van der Waals surface area contributed by atoms with Gasteiger partial charge in [-0.05, 0) is 18.2 Å². The lowest BCUT2D eigenvalue weighted by atomic mass is 10.4. The molecule has 0 radical (unpaired) electrons. The van der Waals surface area contributed by atoms with Gasteiger partial charge in [0.05, 0.1) is 9.79 Å². The van der Waals surface area contributed by atoms with Gasteiger partial charge in [0.25, 0.3) is 0 Å². The Morgan fingerprint density at radius 2 is 1.56 bits per heavy atom. The molecule has 1 rings (SSSR count). The van der Waals surface area contributed by atoms with Crippen molar-refractivity contribution in [3.8, 4) is 0 Å². The lowest BCUT2D eigenvalue weighted by Crippen LogP contribution is -2.22. The summed E-state index contributed by atoms with van der Waals surface area (Å²) in [6, 6.07) is 4.14. The molecule has 0 unspecified atom stereocenters. The van der Waals surface area contributed by atoms with Crippen LogP contribution in [0.1, 0.15) is 0 Å². The van der Waals surface area contributed by atoms with Gasteiger partial charge in [0.2, 0.25) is 10.0 Å². The molecular formula is C8H10FNO4S2. The van der Waals surface area contributed by atoms with Crippen molar-refractivity contribution in [2.45, 2.75) is 9.79 Å². The highest BCUT2D eigenvalue weighted by molar-refractivity contribution is 7.89. The van der Waals surface area contributed by atoms with Crippen molar-refractivity contribution in [1.82, 2.24) is 4.31 Å². The molecular weight excluding hydrogens is 257 g/mol. The highest BCUT2D eigenvalue weighted by Crippen LogP contribution is 2.19. The van der Waals surface area contributed by atoms with Crippen molar-refractivity contribution in [1.29, 1.82) is 0 Å². The molecule has 5 nitrogen and oxygen atoms in total. The van der Waals surface area contributed by atoms with Gasteiger partial charge >= 0.3 is 10.2 Å². The van der Waals surface area contributed by atoms with Gasteiger partial charge in [-0.3, -0.25) is 0 Å². The smallest absolute Gasteiger partial charge is 0.207 e. The first-order valence-corrected chi connectivity index (χ1v) is 6.95. The van der Waals surface area contributed by atoms with Crippen LogP contribution in [-0.4, -0.2) is 35.2 Å². The zero-order valence-electron chi connectivity index (χ0n) is 8.58. The predicted octanol–water partition coefficient (Wildman–Crippen LogP) is 0.595. The maximum absolute atomic E-state index is 12.7. The summed E-state index contributed by atoms with van der Waals surface area (Å²) in [6.07, 6.45) is 0. The second-order valence-corrected chi connectivity index (χ2v) is 6.70. The Kier molecular flexibility index (Phi) is 3.36. The first-order valence-electron chi connectivity index (χ1n) is 4.13. The average molecular weight is 267 g/mol. The van der Waals surface area contributed by atoms with Crippen LogP contribution in [0.4, 0.5) is 3.89 Å². The van der Waals surface area contributed by atoms with Crippen LogP contribution in [0.15, 0.2) is 34.1 Å². The molecule has 0 atom stereocenters. The fourth-order valence-corrected chi connectivity index (χ4v) is 2.53. The molecule has 0 saturated heterocycles. The standard InChI is InChI=1S/C8H10FNO4S2/c1-10(2)16(13,14)8-5-3-4-7(6-8)15(9,11)12/h3-6H,1-2H3. The van der Waals surface area contributed by atoms with Crippen LogP contribution < -0.4 is 0 Å². The van der Waals surface area contributed by atoms with Crippen LogP contribution in [0.25, 0.3) is 0 Å². The van der Waals surface area contributed by atoms with Gasteiger partial charge in [-0.25, -0.2) is 12.7 Å². The molecule has 90 valence electrons. The molecule has 0 heterocycles. The average Bonchev–Trinajstić information content (AvgIpc) is 2.16. The van der Waals surface area contributed by atoms with Crippen LogP contribution in [-0.2, 0) is 20.2 Å². The van der Waals surface area contributed by atoms with Crippen molar-refractivity contribution < 1.29 is 20.7 Å². The Balaban J connectivity index is 3.41. The van der Waals surface area contributed by atoms with Crippen LogP contribution in [0.5, 0.6) is 0 Å². The number of rotatable bonds is 3. The summed E-state index contributed by atoms with van der Waals surface area (Å²) in [6.45, 7) is 0. The zero-order chi connectivity index (χ0) is 12.6. The van der Waals surface area contributed by atoms with Crippen LogP contribution >= 0.6 is 0 Å². The van der Waals surface area contributed by atoms with Crippen LogP contribution in [0, 0.1) is 0 Å². The second kappa shape index (κ2) is 4.11. The summed E-state index contributed by atoms with van der Waals surface area (Å²) in [5.74, 6) is 0. The Morgan fingerprint density at radius 1 is 1.06 bits per heavy atom. The van der Waals surface area contributed by atoms with E-state index in [1.54, 1.807) is 0 Å². The Labute approximate surface area is 93.8 Å². The topological polar surface area (TPSA) is 71.5 Å². The Hall–Kier alpha value is -0.990. The van der Waals surface area contributed by atoms with Gasteiger partial charge in [-0.1, -0.05) is 6.07 Å². The van der Waals surface area contributed by atoms with Crippen molar-refractivity contribution >= 4 is 20.2 Å². The maximum atomic E-state index is 12.7. The first-order chi connectivity index (χ1) is 7.15. The molecule has 8 heteroatoms. The highest BCUT2D eigenvalue weighted by Gasteiger charge is 2.20. The van der Waals surface area contributed by atoms with Gasteiger partial charge < -0.3 is 0 Å². The molecule has 1 aromatic carbocycles. The molecule has 0 fully saturated rings. The van der Waals surface area contributed by atoms with E-state index in [1.165, 1.54) is 26.2 Å². The van der Waals surface area contributed by atoms with Crippen molar-refractivity contribution in [3.05, 3.63) is 24.3 Å². The SMILES string of the molecule is CN(C)S(=O)(=O)c1cccc(S(=O)(=O)F)c1. The molecule has 0 N–H and O–H groups in total. The molecule has 16 heavy (non-hydrogen) atoms. The molecule has 1 aromatic rings. The Bertz CT molecular complexity index is 592. The summed E-state index contributed by atoms with van der Waals surface area (Å²) in [5.41, 5.74) is 0. The van der Waals surface area contributed by atoms with Gasteiger partial charge in [0, 0.05) is 14.1 Å². The molecule has 0 saturated carbocycles. The van der Waals surface area contributed by atoms with E-state index in [-0.39, 0.29) is 4.90 Å². The van der Waals surface area contributed by atoms with E-state index in [4.69, 9.17) is 0 Å². The predicted molar refractivity (Wildman–Crippen MR) is 55.6 cm³/mol. The minimum absolute atomic E-state index is 0.267. The van der Waals surface area contributed by atoms with Gasteiger partial charge in [0.1, 0.15) is 0 Å². The molecule has 0 spiro atoms. The third-order valence-electron chi connectivity index (χ3n) is 1.87. The van der Waals surface area contributed by atoms with Gasteiger partial charge in [0.15, 0.2) is 0 Å². The number of nitrogens with zero attached hydrogens (tertiary/aromatic N) is 1. The summed E-state index contributed by atoms with van der Waals surface area (Å²) in [5, 5.41) is 0. The summed E-state index contributed by atoms with van der Waals surface area (Å²) < 4.78 is 58.0. The highest BCUT2D eigenvalue weighted by atomic mass is 32.3. The zero-order valence-corrected chi connectivity index (χ0v) is 10.2. The van der Waals surface area contributed by atoms with E-state index in [2.05, 4.69) is 0 Å². The summed E-state index contributed by atoms with van der Waals surface area (Å²) in [7, 11) is -6.06. The normalized spacial score (nSPS) is 13.0. The molecule has 0 bridgehead atoms. The van der Waals surface area contributed by atoms with Crippen molar-refractivity contribution in [2.24, 2.45) is 0 Å². The quantitative estimate of drug-likeness (QED) is 0.752. The Morgan fingerprint density at radius 3 is 2.00 bits per heavy atom. The third-order valence-corrected chi connectivity index (χ3v) is 4.49. The van der Waals surface area contributed by atoms with E-state index >= 15 is 0 Å². The molecule has 0 aliphatic heterocycles. The molecule has 0 aromatic heterocycles. The number of halogens is 1. The lowest BCUT2D eigenvalue weighted by molar-refractivity contribution is 0.520. The van der Waals surface area contributed by atoms with Crippen LogP contribution in [0.2, 0.25) is 0 Å². The number of hydrogen-bond donors (Lipinski definition) is 0. The van der Waals surface area contributed by atoms with Gasteiger partial charge in [-0.2, -0.15) is 8.42 Å². The molecule has 0 amide bonds. The minimum Gasteiger partial charge on any atom is -0.207 e. The minimum atomic E-state index is -4.89. The number of hydrogen-bond acceptors (Lipinski definition) is 4. The van der Waals surface area contributed by atoms with Crippen molar-refractivity contribution in [3.63, 3.8) is 0 Å². The lowest BCUT2D eigenvalue weighted by Gasteiger charge is -2.11. The van der Waals surface area contributed by atoms with E-state index < -0.39 is 25.1 Å². The van der Waals surface area contributed by atoms with E-state index in [0.29, 0.717) is 0 Å². The largest absolute Gasteiger partial charge is 0.332 e. The second-order valence-electron chi connectivity index (χ2n) is 3.20. The number of sulfonamides is 1. The van der Waals surface area contributed by atoms with E-state index in [9.17, 15) is 20.7 Å². The van der Waals surface area contributed by atoms with Crippen LogP contribution in [0.3, 0.4) is 0 Å². The molecule has 0 aliphatic carbocycles. The number of benzene rings is 1. The summed E-state index contributed by atoms with van der Waals surface area (Å²) in [4.78, 5) is -0.938. The molecule has 0 aliphatic rings. The first kappa shape index (κ1) is 13.1. The van der Waals surface area contributed by atoms with E-state index in [0.717, 1.165) is 16.4 Å². The fraction of sp³-hybridized carbons (Fsp3) is 0.250. The maximum Gasteiger partial charge on any atom is 0.332 e. The summed E-state index contributed by atoms with van der Waals surface area (Å²) >= 11 is 0. The van der Waals surface area contributed by atoms with E-state index in [1.807, 2.05) is 0 Å².